The summed E-state index contributed by atoms with van der Waals surface area (Å²) in [6, 6.07) is 16.2. The summed E-state index contributed by atoms with van der Waals surface area (Å²) in [7, 11) is 0. The van der Waals surface area contributed by atoms with Crippen molar-refractivity contribution in [1.29, 1.82) is 0 Å². The minimum atomic E-state index is -0.361. The zero-order valence-corrected chi connectivity index (χ0v) is 12.9. The average Bonchev–Trinajstić information content (AvgIpc) is 3.26. The van der Waals surface area contributed by atoms with Crippen LogP contribution in [0.3, 0.4) is 0 Å². The van der Waals surface area contributed by atoms with E-state index in [-0.39, 0.29) is 5.82 Å². The molecule has 0 saturated carbocycles. The zero-order chi connectivity index (χ0) is 16.8. The van der Waals surface area contributed by atoms with Crippen molar-refractivity contribution < 1.29 is 4.39 Å². The van der Waals surface area contributed by atoms with Gasteiger partial charge in [0.15, 0.2) is 17.1 Å². The second-order valence-corrected chi connectivity index (χ2v) is 5.56. The topological polar surface area (TPSA) is 60.9 Å². The molecule has 5 aromatic rings. The fraction of sp³-hybridized carbons (Fsp3) is 0. The molecule has 0 aliphatic rings. The van der Waals surface area contributed by atoms with Crippen LogP contribution in [0.1, 0.15) is 0 Å². The predicted molar refractivity (Wildman–Crippen MR) is 90.8 cm³/mol. The van der Waals surface area contributed by atoms with E-state index in [0.29, 0.717) is 28.2 Å². The largest absolute Gasteiger partial charge is 0.216 e. The Morgan fingerprint density at radius 2 is 1.68 bits per heavy atom. The highest BCUT2D eigenvalue weighted by Gasteiger charge is 2.15. The summed E-state index contributed by atoms with van der Waals surface area (Å²) in [6.07, 6.45) is 3.20. The van der Waals surface area contributed by atoms with Crippen molar-refractivity contribution in [3.63, 3.8) is 0 Å². The van der Waals surface area contributed by atoms with Gasteiger partial charge >= 0.3 is 0 Å². The standard InChI is InChI=1S/C18H11FN6/c19-14-8-4-5-9-15(14)25-17-13(10-21-25)18-22-16(23-24(18)11-20-17)12-6-2-1-3-7-12/h1-11H. The SMILES string of the molecule is Fc1ccccc1-n1ncc2c1ncn1nc(-c3ccccc3)nc21. The first-order valence-electron chi connectivity index (χ1n) is 7.71. The average molecular weight is 330 g/mol. The van der Waals surface area contributed by atoms with Gasteiger partial charge in [0.1, 0.15) is 17.8 Å². The molecule has 0 spiro atoms. The Morgan fingerprint density at radius 1 is 0.880 bits per heavy atom. The number of hydrogen-bond donors (Lipinski definition) is 0. The van der Waals surface area contributed by atoms with Gasteiger partial charge in [0.25, 0.3) is 0 Å². The molecular formula is C18H11FN6. The van der Waals surface area contributed by atoms with Crippen LogP contribution in [0.25, 0.3) is 33.8 Å². The molecule has 0 fully saturated rings. The second-order valence-electron chi connectivity index (χ2n) is 5.56. The fourth-order valence-electron chi connectivity index (χ4n) is 2.83. The molecule has 25 heavy (non-hydrogen) atoms. The van der Waals surface area contributed by atoms with Crippen LogP contribution >= 0.6 is 0 Å². The van der Waals surface area contributed by atoms with Crippen LogP contribution in [0.5, 0.6) is 0 Å². The molecule has 0 radical (unpaired) electrons. The van der Waals surface area contributed by atoms with Crippen molar-refractivity contribution in [2.24, 2.45) is 0 Å². The number of fused-ring (bicyclic) bond motifs is 3. The summed E-state index contributed by atoms with van der Waals surface area (Å²) in [6.45, 7) is 0. The normalized spacial score (nSPS) is 11.4. The van der Waals surface area contributed by atoms with Gasteiger partial charge in [-0.1, -0.05) is 42.5 Å². The van der Waals surface area contributed by atoms with E-state index in [2.05, 4.69) is 20.2 Å². The lowest BCUT2D eigenvalue weighted by atomic mass is 10.2. The highest BCUT2D eigenvalue weighted by Crippen LogP contribution is 2.23. The van der Waals surface area contributed by atoms with Crippen molar-refractivity contribution in [3.05, 3.63) is 72.9 Å². The second kappa shape index (κ2) is 5.20. The van der Waals surface area contributed by atoms with E-state index in [9.17, 15) is 4.39 Å². The highest BCUT2D eigenvalue weighted by atomic mass is 19.1. The number of hydrogen-bond acceptors (Lipinski definition) is 4. The van der Waals surface area contributed by atoms with Gasteiger partial charge in [-0.15, -0.1) is 5.10 Å². The van der Waals surface area contributed by atoms with E-state index in [1.54, 1.807) is 35.2 Å². The zero-order valence-electron chi connectivity index (χ0n) is 12.9. The number of nitrogens with zero attached hydrogens (tertiary/aromatic N) is 6. The number of aromatic nitrogens is 6. The van der Waals surface area contributed by atoms with Crippen LogP contribution in [0, 0.1) is 5.82 Å². The lowest BCUT2D eigenvalue weighted by Gasteiger charge is -2.03. The molecule has 5 rings (SSSR count). The van der Waals surface area contributed by atoms with Crippen LogP contribution in [-0.4, -0.2) is 29.4 Å². The first-order chi connectivity index (χ1) is 12.3. The van der Waals surface area contributed by atoms with Crippen molar-refractivity contribution >= 4 is 16.7 Å². The molecule has 0 saturated heterocycles. The molecule has 0 aliphatic carbocycles. The summed E-state index contributed by atoms with van der Waals surface area (Å²) in [5.41, 5.74) is 2.43. The molecule has 3 aromatic heterocycles. The van der Waals surface area contributed by atoms with Crippen LogP contribution in [-0.2, 0) is 0 Å². The number of halogens is 1. The maximum Gasteiger partial charge on any atom is 0.182 e. The summed E-state index contributed by atoms with van der Waals surface area (Å²) >= 11 is 0. The van der Waals surface area contributed by atoms with Gasteiger partial charge in [-0.2, -0.15) is 5.10 Å². The molecular weight excluding hydrogens is 319 g/mol. The lowest BCUT2D eigenvalue weighted by Crippen LogP contribution is -2.01. The van der Waals surface area contributed by atoms with Crippen LogP contribution in [0.4, 0.5) is 4.39 Å². The van der Waals surface area contributed by atoms with Gasteiger partial charge < -0.3 is 0 Å². The maximum atomic E-state index is 14.1. The fourth-order valence-corrected chi connectivity index (χ4v) is 2.83. The molecule has 0 amide bonds. The summed E-state index contributed by atoms with van der Waals surface area (Å²) < 4.78 is 17.2. The van der Waals surface area contributed by atoms with Crippen molar-refractivity contribution in [2.45, 2.75) is 0 Å². The van der Waals surface area contributed by atoms with Crippen molar-refractivity contribution in [3.8, 4) is 17.1 Å². The van der Waals surface area contributed by atoms with Crippen LogP contribution in [0.15, 0.2) is 67.1 Å². The Hall–Kier alpha value is -3.61. The van der Waals surface area contributed by atoms with Crippen molar-refractivity contribution in [2.75, 3.05) is 0 Å². The molecule has 0 N–H and O–H groups in total. The molecule has 0 unspecified atom stereocenters. The highest BCUT2D eigenvalue weighted by molar-refractivity contribution is 5.89. The third-order valence-corrected chi connectivity index (χ3v) is 4.02. The summed E-state index contributed by atoms with van der Waals surface area (Å²) in [4.78, 5) is 8.99. The number of benzene rings is 2. The van der Waals surface area contributed by atoms with Gasteiger partial charge in [0.05, 0.1) is 11.6 Å². The van der Waals surface area contributed by atoms with E-state index in [0.717, 1.165) is 5.56 Å². The molecule has 0 aliphatic heterocycles. The molecule has 0 atom stereocenters. The summed E-state index contributed by atoms with van der Waals surface area (Å²) in [5.74, 6) is 0.245. The third kappa shape index (κ3) is 2.09. The molecule has 120 valence electrons. The minimum Gasteiger partial charge on any atom is -0.216 e. The van der Waals surface area contributed by atoms with Gasteiger partial charge in [-0.05, 0) is 12.1 Å². The van der Waals surface area contributed by atoms with Gasteiger partial charge in [-0.3, -0.25) is 0 Å². The first kappa shape index (κ1) is 13.8. The Kier molecular flexibility index (Phi) is 2.87. The predicted octanol–water partition coefficient (Wildman–Crippen LogP) is 3.27. The quantitative estimate of drug-likeness (QED) is 0.498. The molecule has 6 nitrogen and oxygen atoms in total. The van der Waals surface area contributed by atoms with Gasteiger partial charge in [0, 0.05) is 5.56 Å². The number of rotatable bonds is 2. The Bertz CT molecular complexity index is 1210. The maximum absolute atomic E-state index is 14.1. The Balaban J connectivity index is 1.74. The first-order valence-corrected chi connectivity index (χ1v) is 7.71. The molecule has 3 heterocycles. The monoisotopic (exact) mass is 330 g/mol. The molecule has 7 heteroatoms. The van der Waals surface area contributed by atoms with Crippen molar-refractivity contribution in [1.82, 2.24) is 29.4 Å². The van der Waals surface area contributed by atoms with E-state index in [1.165, 1.54) is 10.7 Å². The Labute approximate surface area is 141 Å². The van der Waals surface area contributed by atoms with Gasteiger partial charge in [0.2, 0.25) is 0 Å². The van der Waals surface area contributed by atoms with Crippen LogP contribution in [0.2, 0.25) is 0 Å². The molecule has 2 aromatic carbocycles. The van der Waals surface area contributed by atoms with E-state index in [1.807, 2.05) is 30.3 Å². The number of para-hydroxylation sites is 1. The van der Waals surface area contributed by atoms with Gasteiger partial charge in [-0.25, -0.2) is 23.6 Å². The smallest absolute Gasteiger partial charge is 0.182 e. The molecule has 0 bridgehead atoms. The summed E-state index contributed by atoms with van der Waals surface area (Å²) in [5, 5.41) is 9.46. The lowest BCUT2D eigenvalue weighted by molar-refractivity contribution is 0.612. The van der Waals surface area contributed by atoms with E-state index in [4.69, 9.17) is 0 Å². The third-order valence-electron chi connectivity index (χ3n) is 4.02. The minimum absolute atomic E-state index is 0.345. The van der Waals surface area contributed by atoms with Crippen LogP contribution < -0.4 is 0 Å². The van der Waals surface area contributed by atoms with E-state index < -0.39 is 0 Å². The Morgan fingerprint density at radius 3 is 2.52 bits per heavy atom. The van der Waals surface area contributed by atoms with E-state index >= 15 is 0 Å².